The van der Waals surface area contributed by atoms with Crippen molar-refractivity contribution in [1.29, 1.82) is 0 Å². The molecule has 0 nitrogen and oxygen atoms in total. The Morgan fingerprint density at radius 1 is 0.737 bits per heavy atom. The van der Waals surface area contributed by atoms with Gasteiger partial charge in [0.15, 0.2) is 0 Å². The van der Waals surface area contributed by atoms with E-state index >= 15 is 0 Å². The number of hydrogen-bond donors (Lipinski definition) is 0. The molecule has 1 heteroatoms. The van der Waals surface area contributed by atoms with E-state index in [1.54, 1.807) is 0 Å². The third-order valence-corrected chi connectivity index (χ3v) is 4.63. The number of hydrogen-bond acceptors (Lipinski definition) is 0. The van der Waals surface area contributed by atoms with Crippen LogP contribution in [0.15, 0.2) is 60.7 Å². The van der Waals surface area contributed by atoms with Crippen LogP contribution in [0.3, 0.4) is 0 Å². The molecule has 0 N–H and O–H groups in total. The molecule has 2 aromatic rings. The van der Waals surface area contributed by atoms with Gasteiger partial charge in [0.05, 0.1) is 0 Å². The molecule has 0 unspecified atom stereocenters. The van der Waals surface area contributed by atoms with Crippen LogP contribution in [-0.2, 0) is 12.8 Å². The SMILES string of the molecule is CC(I)(CCc1ccccc1)CCc1ccccc1. The van der Waals surface area contributed by atoms with Crippen LogP contribution in [0.5, 0.6) is 0 Å². The molecule has 0 heterocycles. The largest absolute Gasteiger partial charge is 0.0792 e. The minimum absolute atomic E-state index is 0.378. The zero-order valence-corrected chi connectivity index (χ0v) is 13.6. The first-order valence-corrected chi connectivity index (χ1v) is 8.00. The lowest BCUT2D eigenvalue weighted by Crippen LogP contribution is -2.17. The van der Waals surface area contributed by atoms with Crippen LogP contribution in [0.2, 0.25) is 0 Å². The van der Waals surface area contributed by atoms with Crippen LogP contribution < -0.4 is 0 Å². The van der Waals surface area contributed by atoms with Crippen LogP contribution in [0.25, 0.3) is 0 Å². The van der Waals surface area contributed by atoms with Gasteiger partial charge >= 0.3 is 0 Å². The molecule has 100 valence electrons. The van der Waals surface area contributed by atoms with Gasteiger partial charge in [-0.1, -0.05) is 90.2 Å². The maximum atomic E-state index is 2.63. The summed E-state index contributed by atoms with van der Waals surface area (Å²) in [5.41, 5.74) is 2.90. The predicted octanol–water partition coefficient (Wildman–Crippen LogP) is 5.45. The van der Waals surface area contributed by atoms with Crippen molar-refractivity contribution in [2.75, 3.05) is 0 Å². The molecule has 0 atom stereocenters. The van der Waals surface area contributed by atoms with Gasteiger partial charge in [-0.3, -0.25) is 0 Å². The van der Waals surface area contributed by atoms with Gasteiger partial charge in [0.25, 0.3) is 0 Å². The monoisotopic (exact) mass is 364 g/mol. The van der Waals surface area contributed by atoms with Gasteiger partial charge in [0.2, 0.25) is 0 Å². The number of aryl methyl sites for hydroxylation is 2. The zero-order valence-electron chi connectivity index (χ0n) is 11.5. The summed E-state index contributed by atoms with van der Waals surface area (Å²) in [5.74, 6) is 0. The molecule has 2 rings (SSSR count). The van der Waals surface area contributed by atoms with E-state index in [2.05, 4.69) is 90.2 Å². The summed E-state index contributed by atoms with van der Waals surface area (Å²) in [7, 11) is 0. The molecule has 2 aromatic carbocycles. The van der Waals surface area contributed by atoms with E-state index in [1.807, 2.05) is 0 Å². The van der Waals surface area contributed by atoms with Crippen LogP contribution >= 0.6 is 22.6 Å². The second-order valence-electron chi connectivity index (χ2n) is 5.38. The van der Waals surface area contributed by atoms with Crippen LogP contribution in [0.1, 0.15) is 30.9 Å². The zero-order chi connectivity index (χ0) is 13.6. The van der Waals surface area contributed by atoms with Crippen molar-refractivity contribution in [3.63, 3.8) is 0 Å². The molecule has 0 aliphatic carbocycles. The molecule has 0 aliphatic rings. The van der Waals surface area contributed by atoms with Crippen LogP contribution in [0, 0.1) is 0 Å². The third kappa shape index (κ3) is 5.35. The Labute approximate surface area is 130 Å². The Kier molecular flexibility index (Phi) is 5.44. The highest BCUT2D eigenvalue weighted by molar-refractivity contribution is 14.1. The quantitative estimate of drug-likeness (QED) is 0.473. The van der Waals surface area contributed by atoms with Gasteiger partial charge in [-0.25, -0.2) is 0 Å². The number of halogens is 1. The first kappa shape index (κ1) is 14.6. The summed E-state index contributed by atoms with van der Waals surface area (Å²) in [6.07, 6.45) is 4.83. The number of benzene rings is 2. The lowest BCUT2D eigenvalue weighted by Gasteiger charge is -2.22. The van der Waals surface area contributed by atoms with E-state index in [0.717, 1.165) is 0 Å². The average molecular weight is 364 g/mol. The summed E-state index contributed by atoms with van der Waals surface area (Å²) in [6, 6.07) is 21.6. The molecule has 0 fully saturated rings. The van der Waals surface area contributed by atoms with Gasteiger partial charge in [0, 0.05) is 3.42 Å². The van der Waals surface area contributed by atoms with Crippen molar-refractivity contribution in [3.05, 3.63) is 71.8 Å². The molecular weight excluding hydrogens is 343 g/mol. The molecule has 0 amide bonds. The summed E-state index contributed by atoms with van der Waals surface area (Å²) in [4.78, 5) is 0. The summed E-state index contributed by atoms with van der Waals surface area (Å²) in [6.45, 7) is 2.37. The van der Waals surface area contributed by atoms with E-state index in [4.69, 9.17) is 0 Å². The molecule has 0 saturated carbocycles. The van der Waals surface area contributed by atoms with Crippen LogP contribution in [0.4, 0.5) is 0 Å². The Bertz CT molecular complexity index is 428. The molecule has 0 saturated heterocycles. The normalized spacial score (nSPS) is 11.5. The Hall–Kier alpha value is -0.830. The molecule has 0 spiro atoms. The second kappa shape index (κ2) is 7.09. The first-order chi connectivity index (χ1) is 9.16. The fraction of sp³-hybridized carbons (Fsp3) is 0.333. The van der Waals surface area contributed by atoms with Crippen molar-refractivity contribution in [1.82, 2.24) is 0 Å². The van der Waals surface area contributed by atoms with Crippen molar-refractivity contribution in [2.45, 2.75) is 36.0 Å². The molecule has 0 aromatic heterocycles. The standard InChI is InChI=1S/C18H21I/c1-18(19,14-12-16-8-4-2-5-9-16)15-13-17-10-6-3-7-11-17/h2-11H,12-15H2,1H3. The fourth-order valence-electron chi connectivity index (χ4n) is 2.22. The van der Waals surface area contributed by atoms with E-state index in [-0.39, 0.29) is 0 Å². The summed E-state index contributed by atoms with van der Waals surface area (Å²) >= 11 is 2.63. The Morgan fingerprint density at radius 2 is 1.11 bits per heavy atom. The van der Waals surface area contributed by atoms with Gasteiger partial charge in [-0.05, 0) is 36.8 Å². The summed E-state index contributed by atoms with van der Waals surface area (Å²) in [5, 5.41) is 0. The van der Waals surface area contributed by atoms with Gasteiger partial charge < -0.3 is 0 Å². The van der Waals surface area contributed by atoms with Gasteiger partial charge in [0.1, 0.15) is 0 Å². The van der Waals surface area contributed by atoms with Crippen molar-refractivity contribution in [3.8, 4) is 0 Å². The molecule has 0 aliphatic heterocycles. The smallest absolute Gasteiger partial charge is 0.0200 e. The van der Waals surface area contributed by atoms with E-state index in [1.165, 1.54) is 36.8 Å². The second-order valence-corrected chi connectivity index (χ2v) is 7.99. The van der Waals surface area contributed by atoms with Crippen molar-refractivity contribution >= 4 is 22.6 Å². The Balaban J connectivity index is 1.82. The minimum Gasteiger partial charge on any atom is -0.0792 e. The number of alkyl halides is 1. The maximum Gasteiger partial charge on any atom is 0.0200 e. The average Bonchev–Trinajstić information content (AvgIpc) is 2.46. The van der Waals surface area contributed by atoms with E-state index < -0.39 is 0 Å². The van der Waals surface area contributed by atoms with Crippen molar-refractivity contribution < 1.29 is 0 Å². The van der Waals surface area contributed by atoms with Crippen LogP contribution in [-0.4, -0.2) is 3.42 Å². The third-order valence-electron chi connectivity index (χ3n) is 3.56. The molecule has 0 bridgehead atoms. The maximum absolute atomic E-state index is 2.63. The number of rotatable bonds is 6. The lowest BCUT2D eigenvalue weighted by atomic mass is 9.95. The van der Waals surface area contributed by atoms with Gasteiger partial charge in [-0.15, -0.1) is 0 Å². The highest BCUT2D eigenvalue weighted by Crippen LogP contribution is 2.30. The fourth-order valence-corrected chi connectivity index (χ4v) is 2.76. The first-order valence-electron chi connectivity index (χ1n) is 6.92. The molecular formula is C18H21I. The minimum atomic E-state index is 0.378. The highest BCUT2D eigenvalue weighted by atomic mass is 127. The predicted molar refractivity (Wildman–Crippen MR) is 92.0 cm³/mol. The topological polar surface area (TPSA) is 0 Å². The van der Waals surface area contributed by atoms with E-state index in [9.17, 15) is 0 Å². The lowest BCUT2D eigenvalue weighted by molar-refractivity contribution is 0.568. The van der Waals surface area contributed by atoms with E-state index in [0.29, 0.717) is 3.42 Å². The van der Waals surface area contributed by atoms with Crippen molar-refractivity contribution in [2.24, 2.45) is 0 Å². The molecule has 0 radical (unpaired) electrons. The van der Waals surface area contributed by atoms with Gasteiger partial charge in [-0.2, -0.15) is 0 Å². The highest BCUT2D eigenvalue weighted by Gasteiger charge is 2.19. The Morgan fingerprint density at radius 3 is 1.47 bits per heavy atom. The summed E-state index contributed by atoms with van der Waals surface area (Å²) < 4.78 is 0.378. The molecule has 19 heavy (non-hydrogen) atoms.